The van der Waals surface area contributed by atoms with Gasteiger partial charge in [0.15, 0.2) is 0 Å². The van der Waals surface area contributed by atoms with E-state index in [0.29, 0.717) is 32.0 Å². The van der Waals surface area contributed by atoms with Crippen molar-refractivity contribution in [2.75, 3.05) is 31.1 Å². The molecule has 0 bridgehead atoms. The van der Waals surface area contributed by atoms with Crippen LogP contribution in [0.25, 0.3) is 0 Å². The minimum atomic E-state index is -0.436. The zero-order valence-corrected chi connectivity index (χ0v) is 9.15. The maximum Gasteiger partial charge on any atom is 0.311 e. The summed E-state index contributed by atoms with van der Waals surface area (Å²) in [5.41, 5.74) is 0.00653. The monoisotopic (exact) mass is 236 g/mol. The minimum absolute atomic E-state index is 0.00653. The van der Waals surface area contributed by atoms with Crippen molar-refractivity contribution in [2.45, 2.75) is 0 Å². The fourth-order valence-corrected chi connectivity index (χ4v) is 1.81. The van der Waals surface area contributed by atoms with Gasteiger partial charge >= 0.3 is 5.69 Å². The summed E-state index contributed by atoms with van der Waals surface area (Å²) in [4.78, 5) is 28.5. The number of anilines is 1. The van der Waals surface area contributed by atoms with Gasteiger partial charge in [-0.25, -0.2) is 4.98 Å². The number of carbonyl (C=O) groups excluding carboxylic acids is 1. The van der Waals surface area contributed by atoms with Crippen molar-refractivity contribution in [1.82, 2.24) is 9.88 Å². The molecule has 0 atom stereocenters. The Balaban J connectivity index is 2.18. The van der Waals surface area contributed by atoms with Gasteiger partial charge in [0.25, 0.3) is 0 Å². The number of pyridine rings is 1. The Hall–Kier alpha value is -2.18. The second kappa shape index (κ2) is 4.77. The second-order valence-electron chi connectivity index (χ2n) is 3.73. The third-order valence-corrected chi connectivity index (χ3v) is 2.73. The van der Waals surface area contributed by atoms with E-state index in [9.17, 15) is 14.9 Å². The Morgan fingerprint density at radius 1 is 1.35 bits per heavy atom. The number of rotatable bonds is 3. The zero-order chi connectivity index (χ0) is 12.3. The number of hydrogen-bond donors (Lipinski definition) is 0. The predicted molar refractivity (Wildman–Crippen MR) is 60.7 cm³/mol. The second-order valence-corrected chi connectivity index (χ2v) is 3.73. The standard InChI is InChI=1S/C10H12N4O3/c15-8-12-4-6-13(7-5-12)10-9(14(16)17)2-1-3-11-10/h1-3,8H,4-7H2. The van der Waals surface area contributed by atoms with E-state index in [1.165, 1.54) is 12.3 Å². The number of nitrogens with zero attached hydrogens (tertiary/aromatic N) is 4. The maximum atomic E-state index is 10.9. The number of nitro groups is 1. The Morgan fingerprint density at radius 2 is 2.06 bits per heavy atom. The van der Waals surface area contributed by atoms with Crippen LogP contribution in [0.5, 0.6) is 0 Å². The lowest BCUT2D eigenvalue weighted by Gasteiger charge is -2.32. The number of hydrogen-bond acceptors (Lipinski definition) is 5. The van der Waals surface area contributed by atoms with Crippen LogP contribution in [0.4, 0.5) is 11.5 Å². The van der Waals surface area contributed by atoms with Gasteiger partial charge in [0.1, 0.15) is 0 Å². The van der Waals surface area contributed by atoms with E-state index in [2.05, 4.69) is 4.98 Å². The molecule has 2 rings (SSSR count). The zero-order valence-electron chi connectivity index (χ0n) is 9.15. The first kappa shape index (κ1) is 11.3. The van der Waals surface area contributed by atoms with Gasteiger partial charge in [-0.3, -0.25) is 14.9 Å². The van der Waals surface area contributed by atoms with Gasteiger partial charge in [-0.1, -0.05) is 0 Å². The first-order valence-electron chi connectivity index (χ1n) is 5.26. The molecule has 90 valence electrons. The number of amides is 1. The Labute approximate surface area is 97.8 Å². The van der Waals surface area contributed by atoms with Gasteiger partial charge in [-0.15, -0.1) is 0 Å². The molecule has 0 spiro atoms. The van der Waals surface area contributed by atoms with Crippen LogP contribution in [0, 0.1) is 10.1 Å². The maximum absolute atomic E-state index is 10.9. The van der Waals surface area contributed by atoms with Crippen LogP contribution in [-0.4, -0.2) is 47.4 Å². The summed E-state index contributed by atoms with van der Waals surface area (Å²) in [5, 5.41) is 10.9. The minimum Gasteiger partial charge on any atom is -0.347 e. The van der Waals surface area contributed by atoms with Gasteiger partial charge in [0, 0.05) is 38.4 Å². The molecular formula is C10H12N4O3. The van der Waals surface area contributed by atoms with Gasteiger partial charge in [0.05, 0.1) is 4.92 Å². The fraction of sp³-hybridized carbons (Fsp3) is 0.400. The summed E-state index contributed by atoms with van der Waals surface area (Å²) in [6.45, 7) is 2.27. The van der Waals surface area contributed by atoms with Gasteiger partial charge in [0.2, 0.25) is 12.2 Å². The van der Waals surface area contributed by atoms with Crippen LogP contribution in [0.2, 0.25) is 0 Å². The largest absolute Gasteiger partial charge is 0.347 e. The molecule has 1 aromatic heterocycles. The van der Waals surface area contributed by atoms with Crippen molar-refractivity contribution in [3.63, 3.8) is 0 Å². The SMILES string of the molecule is O=CN1CCN(c2ncccc2[N+](=O)[O-])CC1. The van der Waals surface area contributed by atoms with E-state index in [1.54, 1.807) is 11.0 Å². The van der Waals surface area contributed by atoms with Crippen LogP contribution in [0.15, 0.2) is 18.3 Å². The third kappa shape index (κ3) is 2.32. The van der Waals surface area contributed by atoms with Crippen molar-refractivity contribution >= 4 is 17.9 Å². The Bertz CT molecular complexity index is 429. The smallest absolute Gasteiger partial charge is 0.311 e. The number of aromatic nitrogens is 1. The summed E-state index contributed by atoms with van der Waals surface area (Å²) in [6, 6.07) is 2.98. The van der Waals surface area contributed by atoms with E-state index in [1.807, 2.05) is 4.90 Å². The fourth-order valence-electron chi connectivity index (χ4n) is 1.81. The molecule has 1 aliphatic heterocycles. The predicted octanol–water partition coefficient (Wildman–Crippen LogP) is 0.268. The van der Waals surface area contributed by atoms with Crippen molar-refractivity contribution in [3.05, 3.63) is 28.4 Å². The van der Waals surface area contributed by atoms with E-state index < -0.39 is 4.92 Å². The van der Waals surface area contributed by atoms with Crippen molar-refractivity contribution in [2.24, 2.45) is 0 Å². The molecule has 1 aliphatic rings. The van der Waals surface area contributed by atoms with Crippen LogP contribution in [-0.2, 0) is 4.79 Å². The van der Waals surface area contributed by atoms with Crippen molar-refractivity contribution < 1.29 is 9.72 Å². The quantitative estimate of drug-likeness (QED) is 0.427. The van der Waals surface area contributed by atoms with Crippen molar-refractivity contribution in [1.29, 1.82) is 0 Å². The lowest BCUT2D eigenvalue weighted by molar-refractivity contribution is -0.384. The normalized spacial score (nSPS) is 15.8. The first-order chi connectivity index (χ1) is 8.22. The van der Waals surface area contributed by atoms with Gasteiger partial charge < -0.3 is 9.80 Å². The Morgan fingerprint density at radius 3 is 2.65 bits per heavy atom. The molecular weight excluding hydrogens is 224 g/mol. The molecule has 0 aromatic carbocycles. The molecule has 0 radical (unpaired) electrons. The van der Waals surface area contributed by atoms with Crippen LogP contribution >= 0.6 is 0 Å². The molecule has 1 saturated heterocycles. The highest BCUT2D eigenvalue weighted by molar-refractivity contribution is 5.58. The number of piperazine rings is 1. The average Bonchev–Trinajstić information content (AvgIpc) is 2.39. The summed E-state index contributed by atoms with van der Waals surface area (Å²) < 4.78 is 0. The molecule has 7 nitrogen and oxygen atoms in total. The molecule has 17 heavy (non-hydrogen) atoms. The summed E-state index contributed by atoms with van der Waals surface area (Å²) in [5.74, 6) is 0.378. The van der Waals surface area contributed by atoms with Gasteiger partial charge in [-0.2, -0.15) is 0 Å². The topological polar surface area (TPSA) is 79.6 Å². The summed E-state index contributed by atoms with van der Waals surface area (Å²) in [7, 11) is 0. The lowest BCUT2D eigenvalue weighted by Crippen LogP contribution is -2.46. The van der Waals surface area contributed by atoms with Gasteiger partial charge in [-0.05, 0) is 6.07 Å². The number of carbonyl (C=O) groups is 1. The molecule has 1 fully saturated rings. The highest BCUT2D eigenvalue weighted by Gasteiger charge is 2.23. The molecule has 1 amide bonds. The van der Waals surface area contributed by atoms with Crippen LogP contribution in [0.1, 0.15) is 0 Å². The summed E-state index contributed by atoms with van der Waals surface area (Å²) in [6.07, 6.45) is 2.33. The molecule has 2 heterocycles. The Kier molecular flexibility index (Phi) is 3.17. The molecule has 7 heteroatoms. The lowest BCUT2D eigenvalue weighted by atomic mass is 10.3. The third-order valence-electron chi connectivity index (χ3n) is 2.73. The highest BCUT2D eigenvalue weighted by atomic mass is 16.6. The van der Waals surface area contributed by atoms with E-state index in [4.69, 9.17) is 0 Å². The van der Waals surface area contributed by atoms with Crippen molar-refractivity contribution in [3.8, 4) is 0 Å². The molecule has 0 aliphatic carbocycles. The molecule has 0 unspecified atom stereocenters. The molecule has 0 N–H and O–H groups in total. The first-order valence-corrected chi connectivity index (χ1v) is 5.26. The van der Waals surface area contributed by atoms with E-state index in [0.717, 1.165) is 6.41 Å². The highest BCUT2D eigenvalue weighted by Crippen LogP contribution is 2.25. The van der Waals surface area contributed by atoms with Crippen LogP contribution in [0.3, 0.4) is 0 Å². The summed E-state index contributed by atoms with van der Waals surface area (Å²) >= 11 is 0. The van der Waals surface area contributed by atoms with E-state index in [-0.39, 0.29) is 5.69 Å². The van der Waals surface area contributed by atoms with E-state index >= 15 is 0 Å². The molecule has 0 saturated carbocycles. The van der Waals surface area contributed by atoms with Crippen LogP contribution < -0.4 is 4.90 Å². The molecule has 1 aromatic rings. The average molecular weight is 236 g/mol.